The van der Waals surface area contributed by atoms with Gasteiger partial charge in [0.15, 0.2) is 5.78 Å². The molecule has 0 aliphatic heterocycles. The second-order valence-electron chi connectivity index (χ2n) is 5.07. The molecule has 1 aromatic heterocycles. The third-order valence-electron chi connectivity index (χ3n) is 3.46. The van der Waals surface area contributed by atoms with E-state index in [2.05, 4.69) is 0 Å². The summed E-state index contributed by atoms with van der Waals surface area (Å²) in [7, 11) is 1.88. The summed E-state index contributed by atoms with van der Waals surface area (Å²) >= 11 is 12.2. The zero-order valence-electron chi connectivity index (χ0n) is 11.9. The molecule has 0 unspecified atom stereocenters. The Kier molecular flexibility index (Phi) is 4.06. The van der Waals surface area contributed by atoms with Gasteiger partial charge in [0.05, 0.1) is 0 Å². The van der Waals surface area contributed by atoms with Crippen molar-refractivity contribution in [1.29, 1.82) is 0 Å². The third-order valence-corrected chi connectivity index (χ3v) is 4.01. The molecule has 2 nitrogen and oxygen atoms in total. The zero-order chi connectivity index (χ0) is 15.7. The Labute approximate surface area is 138 Å². The van der Waals surface area contributed by atoms with Crippen molar-refractivity contribution in [3.63, 3.8) is 0 Å². The van der Waals surface area contributed by atoms with Gasteiger partial charge in [-0.15, -0.1) is 0 Å². The summed E-state index contributed by atoms with van der Waals surface area (Å²) in [5.74, 6) is -0.0257. The van der Waals surface area contributed by atoms with Crippen LogP contribution >= 0.6 is 23.2 Å². The van der Waals surface area contributed by atoms with Crippen LogP contribution in [0.15, 0.2) is 60.9 Å². The number of nitrogens with zero attached hydrogens (tertiary/aromatic N) is 1. The molecule has 3 rings (SSSR count). The molecule has 2 aromatic carbocycles. The number of carbonyl (C=O) groups is 1. The SMILES string of the molecule is Cn1cc(C(=O)c2ccccc2)c(-c2ccc(Cl)cc2Cl)c1. The Balaban J connectivity index is 2.13. The summed E-state index contributed by atoms with van der Waals surface area (Å²) < 4.78 is 1.86. The van der Waals surface area contributed by atoms with Gasteiger partial charge in [0.2, 0.25) is 0 Å². The summed E-state index contributed by atoms with van der Waals surface area (Å²) in [6.07, 6.45) is 3.71. The first-order chi connectivity index (χ1) is 10.6. The fourth-order valence-electron chi connectivity index (χ4n) is 2.43. The monoisotopic (exact) mass is 329 g/mol. The Morgan fingerprint density at radius 3 is 2.36 bits per heavy atom. The predicted octanol–water partition coefficient (Wildman–Crippen LogP) is 5.23. The van der Waals surface area contributed by atoms with E-state index in [-0.39, 0.29) is 5.78 Å². The minimum absolute atomic E-state index is 0.0257. The molecule has 0 aliphatic carbocycles. The first kappa shape index (κ1) is 14.9. The third kappa shape index (κ3) is 2.80. The highest BCUT2D eigenvalue weighted by atomic mass is 35.5. The minimum atomic E-state index is -0.0257. The van der Waals surface area contributed by atoms with E-state index in [9.17, 15) is 4.79 Å². The smallest absolute Gasteiger partial charge is 0.195 e. The lowest BCUT2D eigenvalue weighted by Crippen LogP contribution is -2.01. The van der Waals surface area contributed by atoms with E-state index >= 15 is 0 Å². The maximum Gasteiger partial charge on any atom is 0.195 e. The molecule has 0 spiro atoms. The number of carbonyl (C=O) groups excluding carboxylic acids is 1. The van der Waals surface area contributed by atoms with Gasteiger partial charge in [0.1, 0.15) is 0 Å². The van der Waals surface area contributed by atoms with Gasteiger partial charge in [0.25, 0.3) is 0 Å². The molecule has 0 radical (unpaired) electrons. The molecule has 22 heavy (non-hydrogen) atoms. The van der Waals surface area contributed by atoms with Crippen LogP contribution in [0.2, 0.25) is 10.0 Å². The lowest BCUT2D eigenvalue weighted by molar-refractivity contribution is 0.103. The van der Waals surface area contributed by atoms with Gasteiger partial charge in [-0.25, -0.2) is 0 Å². The Hall–Kier alpha value is -2.03. The topological polar surface area (TPSA) is 22.0 Å². The molecule has 4 heteroatoms. The molecule has 0 bridgehead atoms. The van der Waals surface area contributed by atoms with Crippen LogP contribution in [0.4, 0.5) is 0 Å². The van der Waals surface area contributed by atoms with Gasteiger partial charge < -0.3 is 4.57 Å². The van der Waals surface area contributed by atoms with Gasteiger partial charge in [-0.2, -0.15) is 0 Å². The van der Waals surface area contributed by atoms with Crippen molar-refractivity contribution in [3.05, 3.63) is 82.1 Å². The molecule has 3 aromatic rings. The quantitative estimate of drug-likeness (QED) is 0.603. The number of hydrogen-bond acceptors (Lipinski definition) is 1. The minimum Gasteiger partial charge on any atom is -0.356 e. The van der Waals surface area contributed by atoms with Crippen LogP contribution in [0.1, 0.15) is 15.9 Å². The number of halogens is 2. The van der Waals surface area contributed by atoms with Crippen LogP contribution in [0.3, 0.4) is 0 Å². The lowest BCUT2D eigenvalue weighted by atomic mass is 9.98. The molecule has 0 aliphatic rings. The molecular weight excluding hydrogens is 317 g/mol. The van der Waals surface area contributed by atoms with Crippen molar-refractivity contribution < 1.29 is 4.79 Å². The van der Waals surface area contributed by atoms with E-state index in [1.807, 2.05) is 60.4 Å². The number of rotatable bonds is 3. The number of hydrogen-bond donors (Lipinski definition) is 0. The van der Waals surface area contributed by atoms with E-state index in [0.717, 1.165) is 11.1 Å². The van der Waals surface area contributed by atoms with Crippen LogP contribution in [-0.2, 0) is 7.05 Å². The maximum absolute atomic E-state index is 12.7. The normalized spacial score (nSPS) is 10.7. The van der Waals surface area contributed by atoms with Gasteiger partial charge in [-0.1, -0.05) is 59.6 Å². The van der Waals surface area contributed by atoms with Gasteiger partial charge in [-0.05, 0) is 12.1 Å². The van der Waals surface area contributed by atoms with Crippen molar-refractivity contribution >= 4 is 29.0 Å². The number of ketones is 1. The molecule has 1 heterocycles. The van der Waals surface area contributed by atoms with Crippen LogP contribution in [0, 0.1) is 0 Å². The van der Waals surface area contributed by atoms with Gasteiger partial charge in [0, 0.05) is 51.7 Å². The highest BCUT2D eigenvalue weighted by molar-refractivity contribution is 6.36. The van der Waals surface area contributed by atoms with Crippen LogP contribution < -0.4 is 0 Å². The molecule has 0 N–H and O–H groups in total. The molecule has 0 saturated carbocycles. The Morgan fingerprint density at radius 1 is 0.955 bits per heavy atom. The van der Waals surface area contributed by atoms with Crippen molar-refractivity contribution in [2.75, 3.05) is 0 Å². The second kappa shape index (κ2) is 5.99. The maximum atomic E-state index is 12.7. The molecule has 0 saturated heterocycles. The number of aryl methyl sites for hydroxylation is 1. The molecule has 0 fully saturated rings. The van der Waals surface area contributed by atoms with Crippen molar-refractivity contribution in [2.24, 2.45) is 7.05 Å². The molecule has 0 amide bonds. The first-order valence-corrected chi connectivity index (χ1v) is 7.53. The number of benzene rings is 2. The van der Waals surface area contributed by atoms with E-state index in [1.165, 1.54) is 0 Å². The summed E-state index contributed by atoms with van der Waals surface area (Å²) in [6, 6.07) is 14.5. The molecule has 110 valence electrons. The van der Waals surface area contributed by atoms with E-state index in [1.54, 1.807) is 12.1 Å². The summed E-state index contributed by atoms with van der Waals surface area (Å²) in [5, 5.41) is 1.10. The standard InChI is InChI=1S/C18H13Cl2NO/c1-21-10-15(14-8-7-13(19)9-17(14)20)16(11-21)18(22)12-5-3-2-4-6-12/h2-11H,1H3. The molecular formula is C18H13Cl2NO. The van der Waals surface area contributed by atoms with Crippen molar-refractivity contribution in [1.82, 2.24) is 4.57 Å². The summed E-state index contributed by atoms with van der Waals surface area (Å²) in [4.78, 5) is 12.7. The zero-order valence-corrected chi connectivity index (χ0v) is 13.4. The Morgan fingerprint density at radius 2 is 1.68 bits per heavy atom. The average Bonchev–Trinajstić information content (AvgIpc) is 2.89. The predicted molar refractivity (Wildman–Crippen MR) is 90.7 cm³/mol. The highest BCUT2D eigenvalue weighted by Gasteiger charge is 2.18. The van der Waals surface area contributed by atoms with E-state index in [4.69, 9.17) is 23.2 Å². The van der Waals surface area contributed by atoms with E-state index in [0.29, 0.717) is 21.2 Å². The first-order valence-electron chi connectivity index (χ1n) is 6.77. The van der Waals surface area contributed by atoms with Crippen LogP contribution in [0.25, 0.3) is 11.1 Å². The van der Waals surface area contributed by atoms with Crippen molar-refractivity contribution in [3.8, 4) is 11.1 Å². The number of aromatic nitrogens is 1. The summed E-state index contributed by atoms with van der Waals surface area (Å²) in [6.45, 7) is 0. The Bertz CT molecular complexity index is 838. The van der Waals surface area contributed by atoms with Gasteiger partial charge in [-0.3, -0.25) is 4.79 Å². The molecule has 0 atom stereocenters. The lowest BCUT2D eigenvalue weighted by Gasteiger charge is -2.06. The fraction of sp³-hybridized carbons (Fsp3) is 0.0556. The van der Waals surface area contributed by atoms with Crippen molar-refractivity contribution in [2.45, 2.75) is 0 Å². The average molecular weight is 330 g/mol. The van der Waals surface area contributed by atoms with Crippen LogP contribution in [0.5, 0.6) is 0 Å². The van der Waals surface area contributed by atoms with Gasteiger partial charge >= 0.3 is 0 Å². The largest absolute Gasteiger partial charge is 0.356 e. The fourth-order valence-corrected chi connectivity index (χ4v) is 2.94. The van der Waals surface area contributed by atoms with E-state index < -0.39 is 0 Å². The second-order valence-corrected chi connectivity index (χ2v) is 5.91. The highest BCUT2D eigenvalue weighted by Crippen LogP contribution is 2.33. The van der Waals surface area contributed by atoms with Crippen LogP contribution in [-0.4, -0.2) is 10.4 Å². The summed E-state index contributed by atoms with van der Waals surface area (Å²) in [5.41, 5.74) is 2.88.